The predicted octanol–water partition coefficient (Wildman–Crippen LogP) is 4.73. The maximum Gasteiger partial charge on any atom is 0.341 e. The number of esters is 2. The summed E-state index contributed by atoms with van der Waals surface area (Å²) in [4.78, 5) is 67.0. The van der Waals surface area contributed by atoms with Crippen molar-refractivity contribution < 1.29 is 77.8 Å². The largest absolute Gasteiger partial charge is 0.493 e. The summed E-state index contributed by atoms with van der Waals surface area (Å²) in [5.41, 5.74) is -5.30. The first-order valence-corrected chi connectivity index (χ1v) is 28.9. The van der Waals surface area contributed by atoms with E-state index in [1.165, 1.54) is 27.2 Å². The van der Waals surface area contributed by atoms with E-state index in [0.29, 0.717) is 55.4 Å². The van der Waals surface area contributed by atoms with Gasteiger partial charge in [0.2, 0.25) is 5.43 Å². The molecule has 2 aromatic rings. The van der Waals surface area contributed by atoms with Crippen molar-refractivity contribution in [3.8, 4) is 5.75 Å². The Morgan fingerprint density at radius 1 is 0.949 bits per heavy atom. The molecular formula is C56H90N4O18S. The van der Waals surface area contributed by atoms with Crippen molar-refractivity contribution in [3.63, 3.8) is 0 Å². The molecule has 1 aromatic carbocycles. The van der Waals surface area contributed by atoms with Crippen LogP contribution in [0, 0.1) is 28.6 Å². The van der Waals surface area contributed by atoms with Crippen LogP contribution in [0.1, 0.15) is 119 Å². The lowest BCUT2D eigenvalue weighted by atomic mass is 9.72. The van der Waals surface area contributed by atoms with Crippen LogP contribution >= 0.6 is 11.8 Å². The van der Waals surface area contributed by atoms with Crippen LogP contribution in [0.3, 0.4) is 0 Å². The van der Waals surface area contributed by atoms with Crippen LogP contribution in [0.2, 0.25) is 0 Å². The molecule has 3 aliphatic heterocycles. The van der Waals surface area contributed by atoms with Gasteiger partial charge in [0.1, 0.15) is 34.7 Å². The van der Waals surface area contributed by atoms with E-state index in [0.717, 1.165) is 0 Å². The Bertz CT molecular complexity index is 2410. The summed E-state index contributed by atoms with van der Waals surface area (Å²) in [7, 11) is 5.16. The van der Waals surface area contributed by atoms with E-state index in [1.807, 2.05) is 32.8 Å². The molecule has 23 heteroatoms. The van der Waals surface area contributed by atoms with Gasteiger partial charge in [-0.2, -0.15) is 16.7 Å². The Balaban J connectivity index is 1.27. The van der Waals surface area contributed by atoms with E-state index < -0.39 is 125 Å². The molecule has 4 heterocycles. The van der Waals surface area contributed by atoms with Gasteiger partial charge in [0.05, 0.1) is 72.0 Å². The van der Waals surface area contributed by atoms with Crippen molar-refractivity contribution in [2.75, 3.05) is 52.4 Å². The maximum absolute atomic E-state index is 14.5. The number of aliphatic hydroxyl groups excluding tert-OH is 2. The van der Waals surface area contributed by atoms with Crippen LogP contribution in [0.25, 0.3) is 10.9 Å². The molecule has 1 aromatic heterocycles. The number of aromatic carboxylic acids is 1. The number of rotatable bonds is 21. The van der Waals surface area contributed by atoms with Gasteiger partial charge in [-0.15, -0.1) is 0 Å². The monoisotopic (exact) mass is 1140 g/mol. The van der Waals surface area contributed by atoms with Gasteiger partial charge in [-0.25, -0.2) is 4.79 Å². The first-order chi connectivity index (χ1) is 37.1. The Morgan fingerprint density at radius 3 is 2.27 bits per heavy atom. The third-order valence-electron chi connectivity index (χ3n) is 16.4. The number of carboxylic acids is 1. The number of likely N-dealkylation sites (N-methyl/N-ethyl adjacent to an activating group) is 1. The fourth-order valence-electron chi connectivity index (χ4n) is 11.9. The fourth-order valence-corrected chi connectivity index (χ4v) is 12.6. The van der Waals surface area contributed by atoms with Crippen molar-refractivity contribution >= 4 is 40.6 Å². The van der Waals surface area contributed by atoms with Crippen molar-refractivity contribution in [1.82, 2.24) is 14.8 Å². The first kappa shape index (κ1) is 66.0. The molecule has 1 unspecified atom stereocenters. The quantitative estimate of drug-likeness (QED) is 0.0560. The SMILES string of the molecule is CC[C@H]1OC(=O)[C@H](C)[C@@H](O[C@H]2C[C@@](C)(OC)[C@@H](OC(=O)CCNCCSCCOc3ccc4c(c3)c(=O)c(C(=O)O)cn4CC)[C@H](C)O2)[C@H](C)[C@@H](O[C@@H]2O[C@H](C)C[C@H](N(C)C)[C@H]2O)[C@](C)(O)C[C@@H](C)C(N=O)[C@@H](C)[C@@H](O)[C@]1(C)O. The zero-order valence-corrected chi connectivity index (χ0v) is 49.4. The molecule has 6 N–H and O–H groups in total. The Hall–Kier alpha value is -3.85. The second-order valence-corrected chi connectivity index (χ2v) is 24.1. The molecule has 0 aliphatic carbocycles. The average molecular weight is 1140 g/mol. The van der Waals surface area contributed by atoms with Gasteiger partial charge >= 0.3 is 17.9 Å². The summed E-state index contributed by atoms with van der Waals surface area (Å²) >= 11 is 1.63. The first-order valence-electron chi connectivity index (χ1n) is 27.8. The van der Waals surface area contributed by atoms with Crippen molar-refractivity contribution in [1.29, 1.82) is 0 Å². The number of hydrogen-bond donors (Lipinski definition) is 6. The maximum atomic E-state index is 14.5. The topological polar surface area (TPSA) is 293 Å². The number of aromatic nitrogens is 1. The molecule has 5 rings (SSSR count). The molecule has 22 nitrogen and oxygen atoms in total. The molecule has 79 heavy (non-hydrogen) atoms. The molecule has 0 radical (unpaired) electrons. The van der Waals surface area contributed by atoms with Crippen molar-refractivity contribution in [3.05, 3.63) is 45.1 Å². The Labute approximate surface area is 468 Å². The van der Waals surface area contributed by atoms with Crippen LogP contribution in [0.5, 0.6) is 5.75 Å². The third kappa shape index (κ3) is 15.8. The summed E-state index contributed by atoms with van der Waals surface area (Å²) in [5, 5.41) is 64.5. The normalized spacial score (nSPS) is 37.0. The molecule has 3 aliphatic rings. The van der Waals surface area contributed by atoms with Crippen LogP contribution in [-0.4, -0.2) is 196 Å². The molecule has 3 fully saturated rings. The van der Waals surface area contributed by atoms with Crippen LogP contribution in [0.15, 0.2) is 34.4 Å². The minimum Gasteiger partial charge on any atom is -0.493 e. The summed E-state index contributed by atoms with van der Waals surface area (Å²) in [6, 6.07) is 3.57. The van der Waals surface area contributed by atoms with Gasteiger partial charge in [0.25, 0.3) is 0 Å². The average Bonchev–Trinajstić information content (AvgIpc) is 3.45. The molecule has 0 amide bonds. The zero-order valence-electron chi connectivity index (χ0n) is 48.6. The predicted molar refractivity (Wildman–Crippen MR) is 296 cm³/mol. The van der Waals surface area contributed by atoms with E-state index in [9.17, 15) is 49.6 Å². The van der Waals surface area contributed by atoms with Crippen molar-refractivity contribution in [2.24, 2.45) is 28.8 Å². The number of fused-ring (bicyclic) bond motifs is 1. The third-order valence-corrected chi connectivity index (χ3v) is 17.4. The highest BCUT2D eigenvalue weighted by molar-refractivity contribution is 7.99. The number of aliphatic hydroxyl groups is 4. The highest BCUT2D eigenvalue weighted by Gasteiger charge is 2.55. The number of methoxy groups -OCH3 is 1. The van der Waals surface area contributed by atoms with Gasteiger partial charge in [0, 0.05) is 68.7 Å². The van der Waals surface area contributed by atoms with E-state index in [2.05, 4.69) is 10.5 Å². The highest BCUT2D eigenvalue weighted by Crippen LogP contribution is 2.42. The molecule has 0 spiro atoms. The number of thioether (sulfide) groups is 1. The van der Waals surface area contributed by atoms with E-state index in [-0.39, 0.29) is 48.8 Å². The number of carbonyl (C=O) groups excluding carboxylic acids is 2. The number of pyridine rings is 1. The number of nitroso groups, excluding NO2 is 1. The smallest absolute Gasteiger partial charge is 0.341 e. The molecule has 448 valence electrons. The zero-order chi connectivity index (χ0) is 58.9. The minimum atomic E-state index is -2.04. The number of nitrogens with zero attached hydrogens (tertiary/aromatic N) is 3. The van der Waals surface area contributed by atoms with Gasteiger partial charge in [0.15, 0.2) is 18.7 Å². The summed E-state index contributed by atoms with van der Waals surface area (Å²) in [5.74, 6) is -4.50. The van der Waals surface area contributed by atoms with E-state index >= 15 is 0 Å². The van der Waals surface area contributed by atoms with E-state index in [1.54, 1.807) is 83.0 Å². The molecular weight excluding hydrogens is 1050 g/mol. The molecule has 3 saturated heterocycles. The Morgan fingerprint density at radius 2 is 1.65 bits per heavy atom. The van der Waals surface area contributed by atoms with E-state index in [4.69, 9.17) is 37.9 Å². The summed E-state index contributed by atoms with van der Waals surface area (Å²) in [6.07, 6.45) is -8.98. The van der Waals surface area contributed by atoms with Gasteiger partial charge in [-0.05, 0) is 106 Å². The Kier molecular flexibility index (Phi) is 23.7. The van der Waals surface area contributed by atoms with Crippen LogP contribution in [0.4, 0.5) is 0 Å². The lowest BCUT2D eigenvalue weighted by molar-refractivity contribution is -0.319. The van der Waals surface area contributed by atoms with Crippen LogP contribution < -0.4 is 15.5 Å². The number of carbonyl (C=O) groups is 3. The number of hydrogen-bond acceptors (Lipinski definition) is 21. The van der Waals surface area contributed by atoms with Gasteiger partial charge in [-0.3, -0.25) is 14.4 Å². The number of benzene rings is 1. The number of nitrogens with one attached hydrogen (secondary N) is 1. The number of aryl methyl sites for hydroxylation is 1. The standard InChI is InChI=1S/C56H90N4O18S/c1-15-41-56(11,69)48(64)32(5)44(58-70)30(3)27-54(9,68)49(78-53-46(63)40(59(12)13)25-31(4)73-53)33(6)47(34(7)52(67)75-41)77-43-28-55(10,71-14)50(35(8)74-43)76-42(61)19-20-57-21-23-79-24-22-72-36-17-18-39-37(26-36)45(62)38(51(65)66)29-60(39)16-2/h17-18,26,29-35,40-41,43-44,46-50,53,57,63-64,68-69H,15-16,19-25,27-28H2,1-14H3,(H,65,66)/t30-,31-,32-,33+,34-,35+,40+,41-,43+,44?,46-,47+,48-,49-,50+,53+,54-,55-,56-/m1/s1. The number of carboxylic acid groups (broad SMARTS) is 1. The van der Waals surface area contributed by atoms with Crippen molar-refractivity contribution in [2.45, 2.75) is 205 Å². The molecule has 0 saturated carbocycles. The summed E-state index contributed by atoms with van der Waals surface area (Å²) in [6.45, 7) is 20.2. The second kappa shape index (κ2) is 28.4. The summed E-state index contributed by atoms with van der Waals surface area (Å²) < 4.78 is 52.1. The highest BCUT2D eigenvalue weighted by atomic mass is 32.2. The fraction of sp³-hybridized carbons (Fsp3) is 0.786. The minimum absolute atomic E-state index is 0.00943. The van der Waals surface area contributed by atoms with Gasteiger partial charge < -0.3 is 78.2 Å². The van der Waals surface area contributed by atoms with Crippen LogP contribution in [-0.2, 0) is 49.3 Å². The molecule has 0 bridgehead atoms. The number of ether oxygens (including phenoxy) is 8. The molecule has 19 atom stereocenters. The number of cyclic esters (lactones) is 1. The van der Waals surface area contributed by atoms with Gasteiger partial charge in [-0.1, -0.05) is 32.9 Å². The lowest BCUT2D eigenvalue weighted by Crippen LogP contribution is -2.61. The second-order valence-electron chi connectivity index (χ2n) is 22.9. The lowest BCUT2D eigenvalue weighted by Gasteiger charge is -2.49.